The van der Waals surface area contributed by atoms with E-state index >= 15 is 0 Å². The Balaban J connectivity index is 4.11. The van der Waals surface area contributed by atoms with E-state index in [2.05, 4.69) is 13.8 Å². The Morgan fingerprint density at radius 1 is 1.25 bits per heavy atom. The first-order valence-corrected chi connectivity index (χ1v) is 4.94. The molecule has 0 rings (SSSR count). The molecule has 12 heavy (non-hydrogen) atoms. The molecule has 0 saturated heterocycles. The van der Waals surface area contributed by atoms with E-state index in [9.17, 15) is 5.11 Å². The molecular weight excluding hydrogens is 150 g/mol. The summed E-state index contributed by atoms with van der Waals surface area (Å²) in [6, 6.07) is -0.0764. The third-order valence-corrected chi connectivity index (χ3v) is 2.64. The minimum absolute atomic E-state index is 0.0764. The van der Waals surface area contributed by atoms with Gasteiger partial charge in [0.1, 0.15) is 0 Å². The Kier molecular flexibility index (Phi) is 4.80. The van der Waals surface area contributed by atoms with Crippen molar-refractivity contribution in [1.29, 1.82) is 0 Å². The zero-order valence-corrected chi connectivity index (χ0v) is 8.80. The standard InChI is InChI=1S/C10H23NO/c1-5-10(12,6-2)9(11)7-8(3)4/h8-9,12H,5-7,11H2,1-4H3/t9-/m0/s1. The van der Waals surface area contributed by atoms with Crippen molar-refractivity contribution in [3.8, 4) is 0 Å². The molecular formula is C10H23NO. The van der Waals surface area contributed by atoms with E-state index in [4.69, 9.17) is 5.73 Å². The van der Waals surface area contributed by atoms with Gasteiger partial charge in [-0.05, 0) is 25.2 Å². The molecule has 0 aliphatic carbocycles. The lowest BCUT2D eigenvalue weighted by Gasteiger charge is -2.33. The molecule has 0 radical (unpaired) electrons. The lowest BCUT2D eigenvalue weighted by Crippen LogP contribution is -2.47. The summed E-state index contributed by atoms with van der Waals surface area (Å²) in [5.41, 5.74) is 5.28. The molecule has 0 aliphatic rings. The van der Waals surface area contributed by atoms with E-state index in [1.165, 1.54) is 0 Å². The van der Waals surface area contributed by atoms with Crippen molar-refractivity contribution >= 4 is 0 Å². The Hall–Kier alpha value is -0.0800. The number of aliphatic hydroxyl groups is 1. The fourth-order valence-corrected chi connectivity index (χ4v) is 1.50. The molecule has 0 aliphatic heterocycles. The van der Waals surface area contributed by atoms with Gasteiger partial charge in [-0.15, -0.1) is 0 Å². The molecule has 1 atom stereocenters. The monoisotopic (exact) mass is 173 g/mol. The second kappa shape index (κ2) is 4.83. The molecule has 0 aromatic heterocycles. The maximum Gasteiger partial charge on any atom is 0.0792 e. The van der Waals surface area contributed by atoms with Crippen LogP contribution < -0.4 is 5.73 Å². The van der Waals surface area contributed by atoms with Gasteiger partial charge in [-0.2, -0.15) is 0 Å². The molecule has 0 fully saturated rings. The second-order valence-electron chi connectivity index (χ2n) is 4.05. The molecule has 0 aromatic carbocycles. The van der Waals surface area contributed by atoms with Gasteiger partial charge in [0.05, 0.1) is 5.60 Å². The van der Waals surface area contributed by atoms with Crippen molar-refractivity contribution in [2.75, 3.05) is 0 Å². The van der Waals surface area contributed by atoms with Crippen molar-refractivity contribution in [2.24, 2.45) is 11.7 Å². The summed E-state index contributed by atoms with van der Waals surface area (Å²) in [4.78, 5) is 0. The van der Waals surface area contributed by atoms with Crippen molar-refractivity contribution in [1.82, 2.24) is 0 Å². The Morgan fingerprint density at radius 2 is 1.67 bits per heavy atom. The van der Waals surface area contributed by atoms with Gasteiger partial charge in [0.15, 0.2) is 0 Å². The normalized spacial score (nSPS) is 15.2. The molecule has 3 N–H and O–H groups in total. The smallest absolute Gasteiger partial charge is 0.0792 e. The fourth-order valence-electron chi connectivity index (χ4n) is 1.50. The van der Waals surface area contributed by atoms with Crippen LogP contribution in [0.5, 0.6) is 0 Å². The summed E-state index contributed by atoms with van der Waals surface area (Å²) in [6.07, 6.45) is 2.40. The summed E-state index contributed by atoms with van der Waals surface area (Å²) in [7, 11) is 0. The zero-order chi connectivity index (χ0) is 9.78. The van der Waals surface area contributed by atoms with Gasteiger partial charge >= 0.3 is 0 Å². The summed E-state index contributed by atoms with van der Waals surface area (Å²) in [5.74, 6) is 0.560. The van der Waals surface area contributed by atoms with Gasteiger partial charge in [-0.1, -0.05) is 27.7 Å². The van der Waals surface area contributed by atoms with E-state index in [1.54, 1.807) is 0 Å². The van der Waals surface area contributed by atoms with Gasteiger partial charge < -0.3 is 10.8 Å². The van der Waals surface area contributed by atoms with E-state index in [1.807, 2.05) is 13.8 Å². The summed E-state index contributed by atoms with van der Waals surface area (Å²) in [5, 5.41) is 10.0. The van der Waals surface area contributed by atoms with E-state index in [0.29, 0.717) is 5.92 Å². The van der Waals surface area contributed by atoms with Crippen molar-refractivity contribution in [3.63, 3.8) is 0 Å². The van der Waals surface area contributed by atoms with Gasteiger partial charge in [0, 0.05) is 6.04 Å². The molecule has 0 amide bonds. The van der Waals surface area contributed by atoms with Crippen LogP contribution in [-0.4, -0.2) is 16.7 Å². The first-order valence-electron chi connectivity index (χ1n) is 4.94. The zero-order valence-electron chi connectivity index (χ0n) is 8.80. The summed E-state index contributed by atoms with van der Waals surface area (Å²) >= 11 is 0. The highest BCUT2D eigenvalue weighted by atomic mass is 16.3. The van der Waals surface area contributed by atoms with Crippen LogP contribution in [0.15, 0.2) is 0 Å². The fraction of sp³-hybridized carbons (Fsp3) is 1.00. The van der Waals surface area contributed by atoms with Crippen LogP contribution >= 0.6 is 0 Å². The van der Waals surface area contributed by atoms with Crippen LogP contribution in [-0.2, 0) is 0 Å². The van der Waals surface area contributed by atoms with Crippen LogP contribution in [0.25, 0.3) is 0 Å². The first-order chi connectivity index (χ1) is 5.46. The predicted octanol–water partition coefficient (Wildman–Crippen LogP) is 1.91. The first kappa shape index (κ1) is 11.9. The number of hydrogen-bond donors (Lipinski definition) is 2. The highest BCUT2D eigenvalue weighted by molar-refractivity contribution is 4.87. The summed E-state index contributed by atoms with van der Waals surface area (Å²) < 4.78 is 0. The highest BCUT2D eigenvalue weighted by Gasteiger charge is 2.30. The predicted molar refractivity (Wildman–Crippen MR) is 53.0 cm³/mol. The molecule has 0 spiro atoms. The number of nitrogens with two attached hydrogens (primary N) is 1. The molecule has 2 heteroatoms. The quantitative estimate of drug-likeness (QED) is 0.667. The second-order valence-corrected chi connectivity index (χ2v) is 4.05. The third kappa shape index (κ3) is 3.11. The van der Waals surface area contributed by atoms with Gasteiger partial charge in [0.25, 0.3) is 0 Å². The number of hydrogen-bond acceptors (Lipinski definition) is 2. The third-order valence-electron chi connectivity index (χ3n) is 2.64. The van der Waals surface area contributed by atoms with Gasteiger partial charge in [-0.3, -0.25) is 0 Å². The minimum atomic E-state index is -0.649. The maximum atomic E-state index is 10.0. The lowest BCUT2D eigenvalue weighted by molar-refractivity contribution is 0.000555. The lowest BCUT2D eigenvalue weighted by atomic mass is 9.84. The van der Waals surface area contributed by atoms with Crippen LogP contribution in [0.3, 0.4) is 0 Å². The molecule has 0 aromatic rings. The maximum absolute atomic E-state index is 10.0. The van der Waals surface area contributed by atoms with Crippen LogP contribution in [0.4, 0.5) is 0 Å². The SMILES string of the molecule is CCC(O)(CC)[C@@H](N)CC(C)C. The Bertz CT molecular complexity index is 119. The average molecular weight is 173 g/mol. The van der Waals surface area contributed by atoms with E-state index < -0.39 is 5.60 Å². The minimum Gasteiger partial charge on any atom is -0.388 e. The van der Waals surface area contributed by atoms with Crippen molar-refractivity contribution in [3.05, 3.63) is 0 Å². The largest absolute Gasteiger partial charge is 0.388 e. The Morgan fingerprint density at radius 3 is 1.92 bits per heavy atom. The molecule has 2 nitrogen and oxygen atoms in total. The van der Waals surface area contributed by atoms with Crippen molar-refractivity contribution in [2.45, 2.75) is 58.6 Å². The van der Waals surface area contributed by atoms with Gasteiger partial charge in [0.2, 0.25) is 0 Å². The van der Waals surface area contributed by atoms with Crippen LogP contribution in [0, 0.1) is 5.92 Å². The topological polar surface area (TPSA) is 46.2 Å². The van der Waals surface area contributed by atoms with E-state index in [-0.39, 0.29) is 6.04 Å². The Labute approximate surface area is 76.2 Å². The molecule has 0 heterocycles. The molecule has 74 valence electrons. The number of rotatable bonds is 5. The van der Waals surface area contributed by atoms with Crippen LogP contribution in [0.2, 0.25) is 0 Å². The van der Waals surface area contributed by atoms with E-state index in [0.717, 1.165) is 19.3 Å². The highest BCUT2D eigenvalue weighted by Crippen LogP contribution is 2.22. The van der Waals surface area contributed by atoms with Gasteiger partial charge in [-0.25, -0.2) is 0 Å². The molecule has 0 bridgehead atoms. The summed E-state index contributed by atoms with van der Waals surface area (Å²) in [6.45, 7) is 8.24. The molecule has 0 saturated carbocycles. The average Bonchev–Trinajstić information content (AvgIpc) is 2.02. The molecule has 0 unspecified atom stereocenters. The van der Waals surface area contributed by atoms with Crippen LogP contribution in [0.1, 0.15) is 47.0 Å². The van der Waals surface area contributed by atoms with Crippen molar-refractivity contribution < 1.29 is 5.11 Å².